The van der Waals surface area contributed by atoms with Crippen LogP contribution in [0, 0.1) is 6.92 Å². The van der Waals surface area contributed by atoms with E-state index in [9.17, 15) is 9.59 Å². The highest BCUT2D eigenvalue weighted by Crippen LogP contribution is 2.23. The van der Waals surface area contributed by atoms with E-state index < -0.39 is 5.97 Å². The smallest absolute Gasteiger partial charge is 0.337 e. The molecule has 7 nitrogen and oxygen atoms in total. The summed E-state index contributed by atoms with van der Waals surface area (Å²) in [6.07, 6.45) is 0. The first kappa shape index (κ1) is 19.6. The molecule has 0 spiro atoms. The first-order valence-electron chi connectivity index (χ1n) is 8.52. The lowest BCUT2D eigenvalue weighted by molar-refractivity contribution is -0.118. The van der Waals surface area contributed by atoms with Crippen LogP contribution in [-0.2, 0) is 16.1 Å². The second-order valence-electron chi connectivity index (χ2n) is 6.00. The molecule has 0 unspecified atom stereocenters. The van der Waals surface area contributed by atoms with Crippen molar-refractivity contribution in [3.63, 3.8) is 0 Å². The number of nitrogens with one attached hydrogen (secondary N) is 1. The first-order chi connectivity index (χ1) is 13.5. The molecule has 0 atom stereocenters. The number of aromatic nitrogens is 2. The Bertz CT molecular complexity index is 970. The molecule has 2 aromatic carbocycles. The van der Waals surface area contributed by atoms with E-state index in [1.807, 2.05) is 31.2 Å². The number of nitrogens with zero attached hydrogens (tertiary/aromatic N) is 2. The second kappa shape index (κ2) is 9.18. The Kier molecular flexibility index (Phi) is 6.44. The molecule has 28 heavy (non-hydrogen) atoms. The van der Waals surface area contributed by atoms with Crippen molar-refractivity contribution in [2.45, 2.75) is 18.7 Å². The fraction of sp³-hybridized carbons (Fsp3) is 0.200. The molecule has 1 amide bonds. The third kappa shape index (κ3) is 5.20. The quantitative estimate of drug-likeness (QED) is 0.483. The van der Waals surface area contributed by atoms with Crippen LogP contribution < -0.4 is 5.32 Å². The summed E-state index contributed by atoms with van der Waals surface area (Å²) in [5.41, 5.74) is 3.29. The Morgan fingerprint density at radius 3 is 2.64 bits per heavy atom. The maximum absolute atomic E-state index is 12.0. The highest BCUT2D eigenvalue weighted by atomic mass is 32.2. The largest absolute Gasteiger partial charge is 0.465 e. The molecular formula is C20H19N3O4S. The van der Waals surface area contributed by atoms with Gasteiger partial charge in [-0.3, -0.25) is 4.79 Å². The van der Waals surface area contributed by atoms with Gasteiger partial charge in [0.2, 0.25) is 11.8 Å². The van der Waals surface area contributed by atoms with Crippen molar-refractivity contribution in [3.8, 4) is 11.5 Å². The molecule has 0 fully saturated rings. The molecule has 0 saturated carbocycles. The standard InChI is InChI=1S/C20H19N3O4S/c1-13-4-3-5-16(10-13)18-22-23-20(27-18)28-12-17(24)21-11-14-6-8-15(9-7-14)19(25)26-2/h3-10H,11-12H2,1-2H3,(H,21,24). The summed E-state index contributed by atoms with van der Waals surface area (Å²) in [5, 5.41) is 11.1. The molecule has 8 heteroatoms. The minimum atomic E-state index is -0.392. The van der Waals surface area contributed by atoms with Crippen LogP contribution in [0.4, 0.5) is 0 Å². The molecule has 0 bridgehead atoms. The summed E-state index contributed by atoms with van der Waals surface area (Å²) in [6.45, 7) is 2.35. The van der Waals surface area contributed by atoms with Crippen molar-refractivity contribution in [2.24, 2.45) is 0 Å². The number of aryl methyl sites for hydroxylation is 1. The van der Waals surface area contributed by atoms with Crippen LogP contribution in [0.5, 0.6) is 0 Å². The van der Waals surface area contributed by atoms with Gasteiger partial charge in [-0.2, -0.15) is 0 Å². The van der Waals surface area contributed by atoms with Gasteiger partial charge in [0.15, 0.2) is 0 Å². The number of rotatable bonds is 7. The van der Waals surface area contributed by atoms with Gasteiger partial charge in [0, 0.05) is 12.1 Å². The Labute approximate surface area is 166 Å². The van der Waals surface area contributed by atoms with E-state index in [1.165, 1.54) is 18.9 Å². The molecule has 0 aliphatic rings. The second-order valence-corrected chi connectivity index (χ2v) is 6.92. The minimum Gasteiger partial charge on any atom is -0.465 e. The Hall–Kier alpha value is -3.13. The molecular weight excluding hydrogens is 378 g/mol. The van der Waals surface area contributed by atoms with Crippen molar-refractivity contribution < 1.29 is 18.7 Å². The SMILES string of the molecule is COC(=O)c1ccc(CNC(=O)CSc2nnc(-c3cccc(C)c3)o2)cc1. The molecule has 0 saturated heterocycles. The number of thioether (sulfide) groups is 1. The van der Waals surface area contributed by atoms with Crippen molar-refractivity contribution in [1.82, 2.24) is 15.5 Å². The lowest BCUT2D eigenvalue weighted by atomic mass is 10.1. The normalized spacial score (nSPS) is 10.5. The fourth-order valence-corrected chi connectivity index (χ4v) is 3.01. The average Bonchev–Trinajstić information content (AvgIpc) is 3.19. The summed E-state index contributed by atoms with van der Waals surface area (Å²) < 4.78 is 10.3. The number of carbonyl (C=O) groups excluding carboxylic acids is 2. The predicted molar refractivity (Wildman–Crippen MR) is 105 cm³/mol. The Balaban J connectivity index is 1.48. The van der Waals surface area contributed by atoms with Gasteiger partial charge in [0.05, 0.1) is 18.4 Å². The number of methoxy groups -OCH3 is 1. The molecule has 3 aromatic rings. The molecule has 0 radical (unpaired) electrons. The highest BCUT2D eigenvalue weighted by Gasteiger charge is 2.11. The number of carbonyl (C=O) groups is 2. The van der Waals surface area contributed by atoms with E-state index in [0.717, 1.165) is 16.7 Å². The molecule has 3 rings (SSSR count). The van der Waals surface area contributed by atoms with Gasteiger partial charge >= 0.3 is 5.97 Å². The lowest BCUT2D eigenvalue weighted by Crippen LogP contribution is -2.24. The van der Waals surface area contributed by atoms with Crippen LogP contribution in [0.2, 0.25) is 0 Å². The van der Waals surface area contributed by atoms with Gasteiger partial charge < -0.3 is 14.5 Å². The molecule has 1 N–H and O–H groups in total. The monoisotopic (exact) mass is 397 g/mol. The molecule has 0 aliphatic heterocycles. The number of benzene rings is 2. The van der Waals surface area contributed by atoms with E-state index in [2.05, 4.69) is 20.3 Å². The van der Waals surface area contributed by atoms with Crippen molar-refractivity contribution in [2.75, 3.05) is 12.9 Å². The van der Waals surface area contributed by atoms with Crippen LogP contribution in [0.1, 0.15) is 21.5 Å². The molecule has 144 valence electrons. The number of ether oxygens (including phenoxy) is 1. The van der Waals surface area contributed by atoms with E-state index >= 15 is 0 Å². The lowest BCUT2D eigenvalue weighted by Gasteiger charge is -2.05. The van der Waals surface area contributed by atoms with Gasteiger partial charge in [-0.25, -0.2) is 4.79 Å². The average molecular weight is 397 g/mol. The van der Waals surface area contributed by atoms with E-state index in [0.29, 0.717) is 23.2 Å². The number of amides is 1. The van der Waals surface area contributed by atoms with Crippen molar-refractivity contribution in [3.05, 3.63) is 65.2 Å². The molecule has 0 aliphatic carbocycles. The summed E-state index contributed by atoms with van der Waals surface area (Å²) >= 11 is 1.18. The summed E-state index contributed by atoms with van der Waals surface area (Å²) in [5.74, 6) is 0.0432. The van der Waals surface area contributed by atoms with Gasteiger partial charge in [-0.15, -0.1) is 10.2 Å². The van der Waals surface area contributed by atoms with Crippen LogP contribution in [-0.4, -0.2) is 34.9 Å². The Morgan fingerprint density at radius 2 is 1.93 bits per heavy atom. The maximum Gasteiger partial charge on any atom is 0.337 e. The summed E-state index contributed by atoms with van der Waals surface area (Å²) in [6, 6.07) is 14.6. The van der Waals surface area contributed by atoms with E-state index in [4.69, 9.17) is 4.42 Å². The third-order valence-corrected chi connectivity index (χ3v) is 4.68. The number of esters is 1. The maximum atomic E-state index is 12.0. The number of hydrogen-bond acceptors (Lipinski definition) is 7. The van der Waals surface area contributed by atoms with Gasteiger partial charge in [0.1, 0.15) is 0 Å². The van der Waals surface area contributed by atoms with Crippen LogP contribution in [0.25, 0.3) is 11.5 Å². The fourth-order valence-electron chi connectivity index (χ4n) is 2.42. The summed E-state index contributed by atoms with van der Waals surface area (Å²) in [4.78, 5) is 23.4. The predicted octanol–water partition coefficient (Wildman–Crippen LogP) is 3.24. The zero-order valence-corrected chi connectivity index (χ0v) is 16.3. The summed E-state index contributed by atoms with van der Waals surface area (Å²) in [7, 11) is 1.33. The topological polar surface area (TPSA) is 94.3 Å². The van der Waals surface area contributed by atoms with Gasteiger partial charge in [0.25, 0.3) is 5.22 Å². The zero-order valence-electron chi connectivity index (χ0n) is 15.5. The Morgan fingerprint density at radius 1 is 1.14 bits per heavy atom. The van der Waals surface area contributed by atoms with Gasteiger partial charge in [-0.1, -0.05) is 41.6 Å². The van der Waals surface area contributed by atoms with Crippen LogP contribution >= 0.6 is 11.8 Å². The van der Waals surface area contributed by atoms with E-state index in [1.54, 1.807) is 24.3 Å². The van der Waals surface area contributed by atoms with Crippen LogP contribution in [0.15, 0.2) is 58.2 Å². The van der Waals surface area contributed by atoms with Crippen molar-refractivity contribution in [1.29, 1.82) is 0 Å². The van der Waals surface area contributed by atoms with Crippen LogP contribution in [0.3, 0.4) is 0 Å². The molecule has 1 heterocycles. The molecule has 1 aromatic heterocycles. The number of hydrogen-bond donors (Lipinski definition) is 1. The first-order valence-corrected chi connectivity index (χ1v) is 9.51. The minimum absolute atomic E-state index is 0.155. The van der Waals surface area contributed by atoms with Crippen molar-refractivity contribution >= 4 is 23.6 Å². The highest BCUT2D eigenvalue weighted by molar-refractivity contribution is 7.99. The van der Waals surface area contributed by atoms with Gasteiger partial charge in [-0.05, 0) is 36.8 Å². The van der Waals surface area contributed by atoms with E-state index in [-0.39, 0.29) is 11.7 Å². The third-order valence-electron chi connectivity index (χ3n) is 3.86. The zero-order chi connectivity index (χ0) is 19.9.